The lowest BCUT2D eigenvalue weighted by Gasteiger charge is -2.34. The van der Waals surface area contributed by atoms with E-state index < -0.39 is 6.10 Å². The van der Waals surface area contributed by atoms with Crippen molar-refractivity contribution in [2.24, 2.45) is 5.92 Å². The number of hydrogen-bond donors (Lipinski definition) is 1. The standard InChI is InChI=1S/C17H20FNOS/c18-16-3-1-14(2-4-16)17(20)15-5-8-19(9-6-15)11-13-7-10-21-12-13/h1-4,7,10,12,15,17,20H,5-6,8-9,11H2. The molecule has 1 fully saturated rings. The first-order valence-corrected chi connectivity index (χ1v) is 8.33. The number of benzene rings is 1. The Hall–Kier alpha value is -1.23. The molecule has 3 rings (SSSR count). The van der Waals surface area contributed by atoms with E-state index in [2.05, 4.69) is 21.7 Å². The topological polar surface area (TPSA) is 23.5 Å². The smallest absolute Gasteiger partial charge is 0.123 e. The molecule has 1 atom stereocenters. The van der Waals surface area contributed by atoms with Crippen LogP contribution in [-0.4, -0.2) is 23.1 Å². The molecule has 1 aromatic carbocycles. The number of aliphatic hydroxyl groups excluding tert-OH is 1. The third-order valence-corrected chi connectivity index (χ3v) is 5.01. The Kier molecular flexibility index (Phi) is 4.68. The zero-order valence-electron chi connectivity index (χ0n) is 11.9. The third kappa shape index (κ3) is 3.70. The van der Waals surface area contributed by atoms with Gasteiger partial charge in [0.05, 0.1) is 6.10 Å². The Balaban J connectivity index is 1.54. The fourth-order valence-electron chi connectivity index (χ4n) is 3.00. The van der Waals surface area contributed by atoms with Crippen LogP contribution in [-0.2, 0) is 6.54 Å². The van der Waals surface area contributed by atoms with E-state index in [1.807, 2.05) is 0 Å². The molecule has 1 unspecified atom stereocenters. The number of piperidine rings is 1. The molecule has 1 aromatic heterocycles. The lowest BCUT2D eigenvalue weighted by Crippen LogP contribution is -2.35. The van der Waals surface area contributed by atoms with Gasteiger partial charge in [-0.15, -0.1) is 0 Å². The summed E-state index contributed by atoms with van der Waals surface area (Å²) < 4.78 is 12.9. The summed E-state index contributed by atoms with van der Waals surface area (Å²) >= 11 is 1.73. The van der Waals surface area contributed by atoms with Gasteiger partial charge in [0, 0.05) is 6.54 Å². The average molecular weight is 305 g/mol. The first-order chi connectivity index (χ1) is 10.2. The molecule has 2 aromatic rings. The van der Waals surface area contributed by atoms with Crippen LogP contribution in [0.25, 0.3) is 0 Å². The highest BCUT2D eigenvalue weighted by atomic mass is 32.1. The SMILES string of the molecule is OC(c1ccc(F)cc1)C1CCN(Cc2ccsc2)CC1. The highest BCUT2D eigenvalue weighted by Crippen LogP contribution is 2.31. The molecular weight excluding hydrogens is 285 g/mol. The van der Waals surface area contributed by atoms with Gasteiger partial charge in [-0.3, -0.25) is 4.90 Å². The molecule has 1 aliphatic heterocycles. The Morgan fingerprint density at radius 2 is 1.90 bits per heavy atom. The van der Waals surface area contributed by atoms with Crippen molar-refractivity contribution in [2.75, 3.05) is 13.1 Å². The van der Waals surface area contributed by atoms with Crippen LogP contribution in [0.15, 0.2) is 41.1 Å². The van der Waals surface area contributed by atoms with E-state index in [-0.39, 0.29) is 11.7 Å². The summed E-state index contributed by atoms with van der Waals surface area (Å²) in [5.74, 6) is 0.0192. The summed E-state index contributed by atoms with van der Waals surface area (Å²) in [6, 6.07) is 8.40. The minimum absolute atomic E-state index is 0.253. The molecular formula is C17H20FNOS. The van der Waals surface area contributed by atoms with Crippen LogP contribution in [0.1, 0.15) is 30.1 Å². The van der Waals surface area contributed by atoms with Crippen molar-refractivity contribution in [3.63, 3.8) is 0 Å². The maximum atomic E-state index is 12.9. The first kappa shape index (κ1) is 14.7. The summed E-state index contributed by atoms with van der Waals surface area (Å²) in [4.78, 5) is 2.44. The molecule has 0 radical (unpaired) electrons. The minimum Gasteiger partial charge on any atom is -0.388 e. The highest BCUT2D eigenvalue weighted by Gasteiger charge is 2.26. The largest absolute Gasteiger partial charge is 0.388 e. The Morgan fingerprint density at radius 3 is 2.52 bits per heavy atom. The van der Waals surface area contributed by atoms with Crippen molar-refractivity contribution in [1.29, 1.82) is 0 Å². The maximum Gasteiger partial charge on any atom is 0.123 e. The van der Waals surface area contributed by atoms with Crippen LogP contribution in [0, 0.1) is 11.7 Å². The van der Waals surface area contributed by atoms with Crippen LogP contribution in [0.2, 0.25) is 0 Å². The monoisotopic (exact) mass is 305 g/mol. The highest BCUT2D eigenvalue weighted by molar-refractivity contribution is 7.07. The summed E-state index contributed by atoms with van der Waals surface area (Å²) in [6.45, 7) is 3.03. The molecule has 2 nitrogen and oxygen atoms in total. The number of aliphatic hydroxyl groups is 1. The second-order valence-electron chi connectivity index (χ2n) is 5.74. The molecule has 1 N–H and O–H groups in total. The Labute approximate surface area is 128 Å². The van der Waals surface area contributed by atoms with E-state index in [0.29, 0.717) is 0 Å². The fraction of sp³-hybridized carbons (Fsp3) is 0.412. The quantitative estimate of drug-likeness (QED) is 0.928. The molecule has 2 heterocycles. The van der Waals surface area contributed by atoms with E-state index in [9.17, 15) is 9.50 Å². The van der Waals surface area contributed by atoms with E-state index in [0.717, 1.165) is 38.0 Å². The van der Waals surface area contributed by atoms with Gasteiger partial charge >= 0.3 is 0 Å². The van der Waals surface area contributed by atoms with Gasteiger partial charge < -0.3 is 5.11 Å². The lowest BCUT2D eigenvalue weighted by molar-refractivity contribution is 0.0567. The number of thiophene rings is 1. The van der Waals surface area contributed by atoms with Gasteiger partial charge in [0.25, 0.3) is 0 Å². The molecule has 1 aliphatic rings. The Bertz CT molecular complexity index is 547. The number of likely N-dealkylation sites (tertiary alicyclic amines) is 1. The van der Waals surface area contributed by atoms with Gasteiger partial charge in [-0.25, -0.2) is 4.39 Å². The lowest BCUT2D eigenvalue weighted by atomic mass is 9.87. The predicted octanol–water partition coefficient (Wildman–Crippen LogP) is 3.83. The number of halogens is 1. The van der Waals surface area contributed by atoms with Crippen molar-refractivity contribution >= 4 is 11.3 Å². The van der Waals surface area contributed by atoms with Crippen LogP contribution < -0.4 is 0 Å². The van der Waals surface area contributed by atoms with Crippen LogP contribution in [0.4, 0.5) is 4.39 Å². The predicted molar refractivity (Wildman–Crippen MR) is 83.7 cm³/mol. The molecule has 4 heteroatoms. The number of nitrogens with zero attached hydrogens (tertiary/aromatic N) is 1. The first-order valence-electron chi connectivity index (χ1n) is 7.39. The molecule has 0 aliphatic carbocycles. The van der Waals surface area contributed by atoms with Crippen molar-refractivity contribution in [2.45, 2.75) is 25.5 Å². The summed E-state index contributed by atoms with van der Waals surface area (Å²) in [5, 5.41) is 14.7. The second kappa shape index (κ2) is 6.69. The number of hydrogen-bond acceptors (Lipinski definition) is 3. The van der Waals surface area contributed by atoms with Crippen LogP contribution >= 0.6 is 11.3 Å². The second-order valence-corrected chi connectivity index (χ2v) is 6.52. The van der Waals surface area contributed by atoms with Gasteiger partial charge in [-0.2, -0.15) is 11.3 Å². The maximum absolute atomic E-state index is 12.9. The molecule has 112 valence electrons. The van der Waals surface area contributed by atoms with Gasteiger partial charge in [-0.05, 0) is 71.9 Å². The van der Waals surface area contributed by atoms with Crippen molar-refractivity contribution < 1.29 is 9.50 Å². The average Bonchev–Trinajstić information content (AvgIpc) is 3.01. The zero-order chi connectivity index (χ0) is 14.7. The number of rotatable bonds is 4. The molecule has 0 saturated carbocycles. The summed E-state index contributed by atoms with van der Waals surface area (Å²) in [6.07, 6.45) is 1.50. The molecule has 0 bridgehead atoms. The normalized spacial score (nSPS) is 18.8. The van der Waals surface area contributed by atoms with E-state index >= 15 is 0 Å². The molecule has 0 amide bonds. The Morgan fingerprint density at radius 1 is 1.19 bits per heavy atom. The van der Waals surface area contributed by atoms with Crippen molar-refractivity contribution in [3.8, 4) is 0 Å². The van der Waals surface area contributed by atoms with E-state index in [1.54, 1.807) is 23.5 Å². The van der Waals surface area contributed by atoms with Crippen molar-refractivity contribution in [1.82, 2.24) is 4.90 Å². The molecule has 0 spiro atoms. The van der Waals surface area contributed by atoms with Crippen LogP contribution in [0.3, 0.4) is 0 Å². The van der Waals surface area contributed by atoms with Crippen molar-refractivity contribution in [3.05, 3.63) is 58.0 Å². The van der Waals surface area contributed by atoms with Gasteiger partial charge in [0.1, 0.15) is 5.82 Å². The minimum atomic E-state index is -0.478. The third-order valence-electron chi connectivity index (χ3n) is 4.28. The fourth-order valence-corrected chi connectivity index (χ4v) is 3.66. The van der Waals surface area contributed by atoms with Gasteiger partial charge in [0.2, 0.25) is 0 Å². The van der Waals surface area contributed by atoms with Crippen LogP contribution in [0.5, 0.6) is 0 Å². The van der Waals surface area contributed by atoms with E-state index in [4.69, 9.17) is 0 Å². The molecule has 1 saturated heterocycles. The summed E-state index contributed by atoms with van der Waals surface area (Å²) in [5.41, 5.74) is 2.20. The summed E-state index contributed by atoms with van der Waals surface area (Å²) in [7, 11) is 0. The van der Waals surface area contributed by atoms with Gasteiger partial charge in [-0.1, -0.05) is 12.1 Å². The molecule has 21 heavy (non-hydrogen) atoms. The van der Waals surface area contributed by atoms with Gasteiger partial charge in [0.15, 0.2) is 0 Å². The zero-order valence-corrected chi connectivity index (χ0v) is 12.7. The van der Waals surface area contributed by atoms with E-state index in [1.165, 1.54) is 17.7 Å².